The summed E-state index contributed by atoms with van der Waals surface area (Å²) in [5.74, 6) is 2.79. The number of hydrogen-bond donors (Lipinski definition) is 0. The molecule has 0 saturated heterocycles. The van der Waals surface area contributed by atoms with E-state index in [9.17, 15) is 14.4 Å². The third kappa shape index (κ3) is 6.46. The van der Waals surface area contributed by atoms with Gasteiger partial charge in [-0.2, -0.15) is 0 Å². The molecule has 0 N–H and O–H groups in total. The van der Waals surface area contributed by atoms with Gasteiger partial charge in [-0.15, -0.1) is 5.54 Å². The van der Waals surface area contributed by atoms with Gasteiger partial charge in [-0.05, 0) is 36.3 Å². The molecule has 1 aliphatic heterocycles. The van der Waals surface area contributed by atoms with Gasteiger partial charge in [0.15, 0.2) is 0 Å². The standard InChI is InChI=1S/C27H29NO5Si/c1-20(30)32-16-14-21(19-29)25-18-22(15-17-34(2,3)4)28(26-13-9-8-12-24(25)26)27(31)33-23-10-6-5-7-11-23/h5-13,18-19,21-22H,14,16H2,1-4H3/t21-,22+/m1/s1. The van der Waals surface area contributed by atoms with E-state index < -0.39 is 32.1 Å². The van der Waals surface area contributed by atoms with Crippen molar-refractivity contribution in [1.82, 2.24) is 0 Å². The lowest BCUT2D eigenvalue weighted by Crippen LogP contribution is -2.43. The van der Waals surface area contributed by atoms with E-state index in [1.54, 1.807) is 24.3 Å². The lowest BCUT2D eigenvalue weighted by atomic mass is 9.85. The summed E-state index contributed by atoms with van der Waals surface area (Å²) >= 11 is 0. The van der Waals surface area contributed by atoms with Crippen molar-refractivity contribution in [2.45, 2.75) is 39.0 Å². The number of fused-ring (bicyclic) bond motifs is 1. The number of allylic oxidation sites excluding steroid dienone is 1. The topological polar surface area (TPSA) is 72.9 Å². The summed E-state index contributed by atoms with van der Waals surface area (Å²) in [6, 6.07) is 15.7. The van der Waals surface area contributed by atoms with Crippen molar-refractivity contribution in [3.05, 3.63) is 66.2 Å². The van der Waals surface area contributed by atoms with Crippen molar-refractivity contribution in [2.75, 3.05) is 11.5 Å². The van der Waals surface area contributed by atoms with Gasteiger partial charge in [-0.1, -0.05) is 62.0 Å². The summed E-state index contributed by atoms with van der Waals surface area (Å²) in [5, 5.41) is 0. The van der Waals surface area contributed by atoms with Gasteiger partial charge in [-0.25, -0.2) is 4.79 Å². The minimum Gasteiger partial charge on any atom is -0.466 e. The minimum absolute atomic E-state index is 0.128. The lowest BCUT2D eigenvalue weighted by Gasteiger charge is -2.34. The van der Waals surface area contributed by atoms with E-state index in [2.05, 4.69) is 31.1 Å². The average molecular weight is 476 g/mol. The number of benzene rings is 2. The first kappa shape index (κ1) is 25.0. The predicted molar refractivity (Wildman–Crippen MR) is 135 cm³/mol. The number of rotatable bonds is 6. The number of anilines is 1. The van der Waals surface area contributed by atoms with E-state index >= 15 is 0 Å². The van der Waals surface area contributed by atoms with Crippen LogP contribution in [0.3, 0.4) is 0 Å². The van der Waals surface area contributed by atoms with Gasteiger partial charge in [0, 0.05) is 18.4 Å². The van der Waals surface area contributed by atoms with E-state index in [1.807, 2.05) is 36.4 Å². The maximum absolute atomic E-state index is 13.3. The third-order valence-corrected chi connectivity index (χ3v) is 6.02. The molecule has 0 spiro atoms. The molecule has 0 aliphatic carbocycles. The number of amides is 1. The van der Waals surface area contributed by atoms with Crippen molar-refractivity contribution in [3.8, 4) is 17.2 Å². The summed E-state index contributed by atoms with van der Waals surface area (Å²) in [6.07, 6.45) is 2.50. The van der Waals surface area contributed by atoms with Gasteiger partial charge in [0.2, 0.25) is 0 Å². The number of hydrogen-bond acceptors (Lipinski definition) is 5. The molecule has 0 aromatic heterocycles. The average Bonchev–Trinajstić information content (AvgIpc) is 2.80. The Labute approximate surface area is 201 Å². The Bertz CT molecular complexity index is 1140. The van der Waals surface area contributed by atoms with Crippen LogP contribution in [0.5, 0.6) is 5.75 Å². The van der Waals surface area contributed by atoms with Crippen LogP contribution in [0.1, 0.15) is 18.9 Å². The number of para-hydroxylation sites is 2. The summed E-state index contributed by atoms with van der Waals surface area (Å²) in [4.78, 5) is 38.1. The monoisotopic (exact) mass is 475 g/mol. The van der Waals surface area contributed by atoms with Gasteiger partial charge < -0.3 is 14.3 Å². The molecule has 0 radical (unpaired) electrons. The van der Waals surface area contributed by atoms with Crippen LogP contribution < -0.4 is 9.64 Å². The van der Waals surface area contributed by atoms with Crippen LogP contribution >= 0.6 is 0 Å². The number of esters is 1. The fourth-order valence-electron chi connectivity index (χ4n) is 3.61. The van der Waals surface area contributed by atoms with Gasteiger partial charge in [0.25, 0.3) is 0 Å². The molecule has 176 valence electrons. The fourth-order valence-corrected chi connectivity index (χ4v) is 4.19. The molecule has 0 bridgehead atoms. The molecular weight excluding hydrogens is 446 g/mol. The number of aldehydes is 1. The number of ether oxygens (including phenoxy) is 2. The zero-order valence-electron chi connectivity index (χ0n) is 19.9. The molecule has 2 aromatic rings. The van der Waals surface area contributed by atoms with Crippen LogP contribution in [0.4, 0.5) is 10.5 Å². The molecule has 1 heterocycles. The molecule has 1 amide bonds. The van der Waals surface area contributed by atoms with Gasteiger partial charge >= 0.3 is 12.1 Å². The first-order valence-corrected chi connectivity index (χ1v) is 14.7. The summed E-state index contributed by atoms with van der Waals surface area (Å²) in [5.41, 5.74) is 5.47. The van der Waals surface area contributed by atoms with E-state index in [0.717, 1.165) is 17.4 Å². The summed E-state index contributed by atoms with van der Waals surface area (Å²) in [7, 11) is -1.76. The van der Waals surface area contributed by atoms with E-state index in [-0.39, 0.29) is 6.61 Å². The molecule has 1 aliphatic rings. The van der Waals surface area contributed by atoms with E-state index in [0.29, 0.717) is 17.9 Å². The highest BCUT2D eigenvalue weighted by Gasteiger charge is 2.34. The molecule has 6 nitrogen and oxygen atoms in total. The largest absolute Gasteiger partial charge is 0.466 e. The molecule has 3 rings (SSSR count). The fraction of sp³-hybridized carbons (Fsp3) is 0.296. The zero-order chi connectivity index (χ0) is 24.7. The highest BCUT2D eigenvalue weighted by atomic mass is 28.3. The van der Waals surface area contributed by atoms with Crippen molar-refractivity contribution in [1.29, 1.82) is 0 Å². The SMILES string of the molecule is CC(=O)OCC[C@H](C=O)C1=C[C@H](C#C[Si](C)(C)C)N(C(=O)Oc2ccccc2)c2ccccc21. The highest BCUT2D eigenvalue weighted by Crippen LogP contribution is 2.39. The molecule has 7 heteroatoms. The van der Waals surface area contributed by atoms with Crippen LogP contribution in [0, 0.1) is 17.4 Å². The zero-order valence-corrected chi connectivity index (χ0v) is 20.9. The summed E-state index contributed by atoms with van der Waals surface area (Å²) in [6.45, 7) is 7.84. The second-order valence-corrected chi connectivity index (χ2v) is 13.8. The first-order valence-electron chi connectivity index (χ1n) is 11.2. The Hall–Kier alpha value is -3.63. The van der Waals surface area contributed by atoms with Crippen LogP contribution in [0.2, 0.25) is 19.6 Å². The molecule has 0 fully saturated rings. The minimum atomic E-state index is -1.76. The second kappa shape index (κ2) is 11.0. The number of carbonyl (C=O) groups is 3. The second-order valence-electron chi connectivity index (χ2n) is 9.03. The van der Waals surface area contributed by atoms with Crippen LogP contribution in [-0.4, -0.2) is 39.1 Å². The molecule has 34 heavy (non-hydrogen) atoms. The van der Waals surface area contributed by atoms with E-state index in [1.165, 1.54) is 11.8 Å². The summed E-state index contributed by atoms with van der Waals surface area (Å²) < 4.78 is 10.7. The first-order chi connectivity index (χ1) is 16.2. The molecule has 0 unspecified atom stereocenters. The van der Waals surface area contributed by atoms with Crippen molar-refractivity contribution < 1.29 is 23.9 Å². The Morgan fingerprint density at radius 2 is 1.76 bits per heavy atom. The number of carbonyl (C=O) groups excluding carboxylic acids is 3. The number of nitrogens with zero attached hydrogens (tertiary/aromatic N) is 1. The van der Waals surface area contributed by atoms with Crippen molar-refractivity contribution in [2.24, 2.45) is 5.92 Å². The molecule has 2 atom stereocenters. The van der Waals surface area contributed by atoms with Crippen LogP contribution in [0.15, 0.2) is 60.7 Å². The molecule has 0 saturated carbocycles. The maximum atomic E-state index is 13.3. The lowest BCUT2D eigenvalue weighted by molar-refractivity contribution is -0.141. The third-order valence-electron chi connectivity index (χ3n) is 5.13. The smallest absolute Gasteiger partial charge is 0.421 e. The quantitative estimate of drug-likeness (QED) is 0.251. The van der Waals surface area contributed by atoms with Crippen molar-refractivity contribution >= 4 is 37.7 Å². The maximum Gasteiger partial charge on any atom is 0.421 e. The molecular formula is C27H29NO5Si. The van der Waals surface area contributed by atoms with Gasteiger partial charge in [0.05, 0.1) is 12.3 Å². The van der Waals surface area contributed by atoms with Gasteiger partial charge in [0.1, 0.15) is 26.2 Å². The Balaban J connectivity index is 2.05. The molecule has 2 aromatic carbocycles. The Morgan fingerprint density at radius 1 is 1.09 bits per heavy atom. The van der Waals surface area contributed by atoms with Gasteiger partial charge in [-0.3, -0.25) is 9.69 Å². The Kier molecular flexibility index (Phi) is 8.08. The Morgan fingerprint density at radius 3 is 2.41 bits per heavy atom. The van der Waals surface area contributed by atoms with E-state index in [4.69, 9.17) is 9.47 Å². The van der Waals surface area contributed by atoms with Crippen LogP contribution in [-0.2, 0) is 14.3 Å². The van der Waals surface area contributed by atoms with Crippen LogP contribution in [0.25, 0.3) is 5.57 Å². The normalized spacial score (nSPS) is 15.7. The predicted octanol–water partition coefficient (Wildman–Crippen LogP) is 5.11. The highest BCUT2D eigenvalue weighted by molar-refractivity contribution is 6.83. The van der Waals surface area contributed by atoms with Crippen molar-refractivity contribution in [3.63, 3.8) is 0 Å².